The molecule has 0 atom stereocenters. The molecule has 0 radical (unpaired) electrons. The fraction of sp³-hybridized carbons (Fsp3) is 0. The van der Waals surface area contributed by atoms with E-state index in [9.17, 15) is 0 Å². The molecule has 0 saturated carbocycles. The number of aromatic nitrogens is 5. The third-order valence-electron chi connectivity index (χ3n) is 10.9. The number of nitrogens with zero attached hydrogens (tertiary/aromatic N) is 5. The Morgan fingerprint density at radius 3 is 1.62 bits per heavy atom. The van der Waals surface area contributed by atoms with Gasteiger partial charge in [-0.25, -0.2) is 4.98 Å². The van der Waals surface area contributed by atoms with E-state index in [1.807, 2.05) is 42.5 Å². The van der Waals surface area contributed by atoms with Crippen molar-refractivity contribution in [2.24, 2.45) is 0 Å². The van der Waals surface area contributed by atoms with E-state index in [1.54, 1.807) is 0 Å². The van der Waals surface area contributed by atoms with Crippen molar-refractivity contribution in [1.82, 2.24) is 24.1 Å². The van der Waals surface area contributed by atoms with Crippen LogP contribution in [0.1, 0.15) is 0 Å². The van der Waals surface area contributed by atoms with E-state index >= 15 is 0 Å². The molecule has 6 nitrogen and oxygen atoms in total. The second-order valence-electron chi connectivity index (χ2n) is 14.1. The van der Waals surface area contributed by atoms with Gasteiger partial charge in [-0.1, -0.05) is 127 Å². The Morgan fingerprint density at radius 1 is 0.364 bits per heavy atom. The van der Waals surface area contributed by atoms with Gasteiger partial charge in [-0.2, -0.15) is 9.97 Å². The third-order valence-corrected chi connectivity index (χ3v) is 10.9. The fourth-order valence-electron chi connectivity index (χ4n) is 8.50. The number of hydrogen-bond donors (Lipinski definition) is 0. The van der Waals surface area contributed by atoms with E-state index in [0.29, 0.717) is 17.6 Å². The minimum absolute atomic E-state index is 0.552. The second-order valence-corrected chi connectivity index (χ2v) is 14.1. The van der Waals surface area contributed by atoms with Crippen LogP contribution >= 0.6 is 0 Å². The van der Waals surface area contributed by atoms with Crippen LogP contribution in [0.3, 0.4) is 0 Å². The van der Waals surface area contributed by atoms with E-state index in [-0.39, 0.29) is 0 Å². The first-order valence-corrected chi connectivity index (χ1v) is 18.4. The molecule has 4 aromatic heterocycles. The van der Waals surface area contributed by atoms with Crippen molar-refractivity contribution < 1.29 is 4.42 Å². The van der Waals surface area contributed by atoms with Crippen LogP contribution in [0.5, 0.6) is 0 Å². The van der Waals surface area contributed by atoms with Crippen LogP contribution in [0.25, 0.3) is 111 Å². The molecule has 0 unspecified atom stereocenters. The van der Waals surface area contributed by atoms with Gasteiger partial charge >= 0.3 is 0 Å². The highest BCUT2D eigenvalue weighted by Crippen LogP contribution is 2.42. The van der Waals surface area contributed by atoms with Crippen LogP contribution in [0.4, 0.5) is 0 Å². The average Bonchev–Trinajstić information content (AvgIpc) is 3.90. The summed E-state index contributed by atoms with van der Waals surface area (Å²) in [7, 11) is 0. The summed E-state index contributed by atoms with van der Waals surface area (Å²) in [6, 6.07) is 61.4. The quantitative estimate of drug-likeness (QED) is 0.183. The van der Waals surface area contributed by atoms with Crippen LogP contribution in [-0.2, 0) is 0 Å². The molecule has 0 aliphatic rings. The highest BCUT2D eigenvalue weighted by atomic mass is 16.3. The third kappa shape index (κ3) is 4.46. The lowest BCUT2D eigenvalue weighted by atomic mass is 10.1. The van der Waals surface area contributed by atoms with E-state index in [2.05, 4.69) is 143 Å². The van der Waals surface area contributed by atoms with Gasteiger partial charge in [-0.15, -0.1) is 0 Å². The van der Waals surface area contributed by atoms with Crippen molar-refractivity contribution in [1.29, 1.82) is 0 Å². The lowest BCUT2D eigenvalue weighted by Crippen LogP contribution is -2.06. The van der Waals surface area contributed by atoms with E-state index < -0.39 is 0 Å². The van der Waals surface area contributed by atoms with Gasteiger partial charge in [0, 0.05) is 38.1 Å². The molecular weight excluding hydrogens is 675 g/mol. The van der Waals surface area contributed by atoms with Crippen molar-refractivity contribution in [3.63, 3.8) is 0 Å². The molecule has 0 fully saturated rings. The first kappa shape index (κ1) is 29.9. The summed E-state index contributed by atoms with van der Waals surface area (Å²) in [4.78, 5) is 15.7. The highest BCUT2D eigenvalue weighted by Gasteiger charge is 2.23. The molecule has 55 heavy (non-hydrogen) atoms. The first-order valence-electron chi connectivity index (χ1n) is 18.4. The molecule has 12 aromatic rings. The summed E-state index contributed by atoms with van der Waals surface area (Å²) in [6.07, 6.45) is 0. The van der Waals surface area contributed by atoms with Crippen LogP contribution in [0, 0.1) is 0 Å². The Bertz CT molecular complexity index is 3450. The largest absolute Gasteiger partial charge is 0.456 e. The minimum atomic E-state index is 0.552. The van der Waals surface area contributed by atoms with Crippen molar-refractivity contribution in [2.45, 2.75) is 0 Å². The van der Waals surface area contributed by atoms with E-state index in [0.717, 1.165) is 71.6 Å². The zero-order valence-corrected chi connectivity index (χ0v) is 29.4. The maximum atomic E-state index is 6.69. The lowest BCUT2D eigenvalue weighted by molar-refractivity contribution is 0.669. The molecule has 256 valence electrons. The number of rotatable bonds is 4. The Labute approximate surface area is 314 Å². The van der Waals surface area contributed by atoms with Gasteiger partial charge in [0.2, 0.25) is 5.95 Å². The van der Waals surface area contributed by atoms with Gasteiger partial charge in [0.25, 0.3) is 0 Å². The summed E-state index contributed by atoms with van der Waals surface area (Å²) in [5, 5.41) is 9.16. The smallest absolute Gasteiger partial charge is 0.238 e. The number of hydrogen-bond acceptors (Lipinski definition) is 4. The van der Waals surface area contributed by atoms with Gasteiger partial charge in [0.05, 0.1) is 33.1 Å². The Balaban J connectivity index is 1.20. The summed E-state index contributed by atoms with van der Waals surface area (Å²) in [6.45, 7) is 0. The van der Waals surface area contributed by atoms with E-state index in [4.69, 9.17) is 19.4 Å². The summed E-state index contributed by atoms with van der Waals surface area (Å²) >= 11 is 0. The molecule has 0 aliphatic carbocycles. The Hall–Kier alpha value is -7.57. The number of para-hydroxylation sites is 4. The van der Waals surface area contributed by atoms with Crippen LogP contribution < -0.4 is 0 Å². The number of benzene rings is 8. The maximum Gasteiger partial charge on any atom is 0.238 e. The van der Waals surface area contributed by atoms with Gasteiger partial charge < -0.3 is 8.98 Å². The molecule has 0 aliphatic heterocycles. The summed E-state index contributed by atoms with van der Waals surface area (Å²) in [5.74, 6) is 1.70. The standard InChI is InChI=1S/C49H29N5O/c1-2-14-30(15-3-1)47-50-48(52-49(51-47)54-40-23-11-6-18-34(40)35-19-7-12-24-41(35)54)33-28-43(46-37-21-9-13-25-44(37)55-45(46)29-33)53-39-22-10-8-20-36(39)38-26-31-16-4-5-17-32(31)27-42(38)53/h1-29H. The monoisotopic (exact) mass is 703 g/mol. The highest BCUT2D eigenvalue weighted by molar-refractivity contribution is 6.17. The summed E-state index contributed by atoms with van der Waals surface area (Å²) in [5.41, 5.74) is 8.63. The maximum absolute atomic E-state index is 6.69. The van der Waals surface area contributed by atoms with E-state index in [1.165, 1.54) is 21.5 Å². The van der Waals surface area contributed by atoms with Gasteiger partial charge in [-0.3, -0.25) is 4.57 Å². The molecule has 4 heterocycles. The molecule has 12 rings (SSSR count). The van der Waals surface area contributed by atoms with Crippen molar-refractivity contribution >= 4 is 76.3 Å². The molecule has 6 heteroatoms. The predicted molar refractivity (Wildman–Crippen MR) is 224 cm³/mol. The molecule has 8 aromatic carbocycles. The van der Waals surface area contributed by atoms with Gasteiger partial charge in [0.1, 0.15) is 11.2 Å². The SMILES string of the molecule is c1ccc(-c2nc(-c3cc(-n4c5ccccc5c5cc6ccccc6cc54)c4c(c3)oc3ccccc34)nc(-n3c4ccccc4c4ccccc43)n2)cc1. The Morgan fingerprint density at radius 2 is 0.909 bits per heavy atom. The fourth-order valence-corrected chi connectivity index (χ4v) is 8.50. The number of furan rings is 1. The minimum Gasteiger partial charge on any atom is -0.456 e. The molecule has 0 N–H and O–H groups in total. The van der Waals surface area contributed by atoms with Crippen LogP contribution in [-0.4, -0.2) is 24.1 Å². The normalized spacial score (nSPS) is 12.0. The van der Waals surface area contributed by atoms with Crippen LogP contribution in [0.15, 0.2) is 180 Å². The summed E-state index contributed by atoms with van der Waals surface area (Å²) < 4.78 is 11.2. The Kier molecular flexibility index (Phi) is 6.24. The molecule has 0 saturated heterocycles. The molecule has 0 bridgehead atoms. The number of fused-ring (bicyclic) bond motifs is 10. The van der Waals surface area contributed by atoms with Gasteiger partial charge in [0.15, 0.2) is 11.6 Å². The zero-order chi connectivity index (χ0) is 36.0. The van der Waals surface area contributed by atoms with Crippen molar-refractivity contribution in [3.8, 4) is 34.4 Å². The van der Waals surface area contributed by atoms with Crippen molar-refractivity contribution in [2.75, 3.05) is 0 Å². The second kappa shape index (κ2) is 11.5. The zero-order valence-electron chi connectivity index (χ0n) is 29.4. The van der Waals surface area contributed by atoms with Gasteiger partial charge in [-0.05, 0) is 59.3 Å². The van der Waals surface area contributed by atoms with Crippen molar-refractivity contribution in [3.05, 3.63) is 176 Å². The molecular formula is C49H29N5O. The first-order chi connectivity index (χ1) is 27.3. The lowest BCUT2D eigenvalue weighted by Gasteiger charge is -2.14. The predicted octanol–water partition coefficient (Wildman–Crippen LogP) is 12.5. The topological polar surface area (TPSA) is 61.7 Å². The molecule has 0 spiro atoms. The average molecular weight is 704 g/mol. The molecule has 0 amide bonds. The van der Waals surface area contributed by atoms with Crippen LogP contribution in [0.2, 0.25) is 0 Å².